The van der Waals surface area contributed by atoms with Crippen molar-refractivity contribution >= 4 is 11.8 Å². The van der Waals surface area contributed by atoms with Crippen LogP contribution in [0, 0.1) is 0 Å². The first kappa shape index (κ1) is 40.4. The number of carbonyl (C=O) groups excluding carboxylic acids is 2. The van der Waals surface area contributed by atoms with Crippen molar-refractivity contribution in [3.63, 3.8) is 0 Å². The third-order valence-corrected chi connectivity index (χ3v) is 8.10. The van der Waals surface area contributed by atoms with Crippen molar-refractivity contribution in [1.82, 2.24) is 10.6 Å². The lowest BCUT2D eigenvalue weighted by molar-refractivity contribution is -0.123. The van der Waals surface area contributed by atoms with E-state index in [1.54, 1.807) is 0 Å². The van der Waals surface area contributed by atoms with Crippen LogP contribution in [0.15, 0.2) is 24.3 Å². The van der Waals surface area contributed by atoms with Gasteiger partial charge in [-0.05, 0) is 64.2 Å². The van der Waals surface area contributed by atoms with Crippen molar-refractivity contribution in [3.05, 3.63) is 24.3 Å². The summed E-state index contributed by atoms with van der Waals surface area (Å²) in [5.74, 6) is 0.221. The minimum atomic E-state index is 0.110. The topological polar surface area (TPSA) is 58.2 Å². The summed E-state index contributed by atoms with van der Waals surface area (Å²) in [5.41, 5.74) is 0. The molecule has 4 heteroatoms. The SMILES string of the molecule is CCCCCCCC/C=C\CCCCCCCC(=O)NCCNC(=O)CCCCCCC/C=C\CCCCCCCC. The van der Waals surface area contributed by atoms with E-state index in [0.29, 0.717) is 25.9 Å². The minimum absolute atomic E-state index is 0.110. The molecule has 0 bridgehead atoms. The molecule has 0 saturated heterocycles. The van der Waals surface area contributed by atoms with Crippen molar-refractivity contribution in [1.29, 1.82) is 0 Å². The molecule has 4 nitrogen and oxygen atoms in total. The summed E-state index contributed by atoms with van der Waals surface area (Å²) in [5, 5.41) is 5.88. The first-order valence-corrected chi connectivity index (χ1v) is 18.5. The Morgan fingerprint density at radius 3 is 0.952 bits per heavy atom. The zero-order valence-corrected chi connectivity index (χ0v) is 28.3. The second-order valence-electron chi connectivity index (χ2n) is 12.4. The summed E-state index contributed by atoms with van der Waals surface area (Å²) in [6.07, 6.45) is 43.6. The number of carbonyl (C=O) groups is 2. The molecule has 0 heterocycles. The molecule has 0 aromatic carbocycles. The fourth-order valence-electron chi connectivity index (χ4n) is 5.29. The van der Waals surface area contributed by atoms with E-state index in [4.69, 9.17) is 0 Å². The maximum atomic E-state index is 12.0. The van der Waals surface area contributed by atoms with Gasteiger partial charge in [0.25, 0.3) is 0 Å². The Morgan fingerprint density at radius 1 is 0.381 bits per heavy atom. The quantitative estimate of drug-likeness (QED) is 0.0591. The Kier molecular flexibility index (Phi) is 34.3. The van der Waals surface area contributed by atoms with E-state index in [2.05, 4.69) is 48.8 Å². The van der Waals surface area contributed by atoms with Gasteiger partial charge in [0.1, 0.15) is 0 Å². The van der Waals surface area contributed by atoms with Crippen molar-refractivity contribution in [2.24, 2.45) is 0 Å². The summed E-state index contributed by atoms with van der Waals surface area (Å²) in [6.45, 7) is 5.60. The average molecular weight is 589 g/mol. The third-order valence-electron chi connectivity index (χ3n) is 8.10. The molecule has 0 unspecified atom stereocenters. The number of hydrogen-bond donors (Lipinski definition) is 2. The number of hydrogen-bond acceptors (Lipinski definition) is 2. The van der Waals surface area contributed by atoms with E-state index in [0.717, 1.165) is 25.7 Å². The van der Waals surface area contributed by atoms with E-state index in [1.807, 2.05) is 0 Å². The van der Waals surface area contributed by atoms with E-state index < -0.39 is 0 Å². The maximum absolute atomic E-state index is 12.0. The molecule has 0 aliphatic rings. The van der Waals surface area contributed by atoms with Crippen LogP contribution in [0.3, 0.4) is 0 Å². The molecular formula is C38H72N2O2. The molecule has 0 radical (unpaired) electrons. The van der Waals surface area contributed by atoms with E-state index in [-0.39, 0.29) is 11.8 Å². The lowest BCUT2D eigenvalue weighted by Crippen LogP contribution is -2.34. The lowest BCUT2D eigenvalue weighted by Gasteiger charge is -2.07. The summed E-state index contributed by atoms with van der Waals surface area (Å²) in [7, 11) is 0. The molecule has 0 aliphatic heterocycles. The van der Waals surface area contributed by atoms with Crippen LogP contribution in [0.2, 0.25) is 0 Å². The summed E-state index contributed by atoms with van der Waals surface area (Å²) in [6, 6.07) is 0. The highest BCUT2D eigenvalue weighted by Gasteiger charge is 2.03. The van der Waals surface area contributed by atoms with Gasteiger partial charge in [-0.15, -0.1) is 0 Å². The van der Waals surface area contributed by atoms with E-state index in [1.165, 1.54) is 141 Å². The number of unbranched alkanes of at least 4 members (excludes halogenated alkanes) is 22. The Labute approximate surface area is 262 Å². The standard InChI is InChI=1S/C38H72N2O2/c1-3-5-7-9-11-13-15-17-19-21-23-25-27-29-31-33-37(41)39-35-36-40-38(42)34-32-30-28-26-24-22-20-18-16-14-12-10-8-6-4-2/h17-20H,3-16,21-36H2,1-2H3,(H,39,41)(H,40,42)/b19-17-,20-18-. The number of amides is 2. The van der Waals surface area contributed by atoms with Gasteiger partial charge in [-0.25, -0.2) is 0 Å². The second kappa shape index (κ2) is 35.6. The van der Waals surface area contributed by atoms with Gasteiger partial charge in [0.2, 0.25) is 11.8 Å². The zero-order valence-electron chi connectivity index (χ0n) is 28.3. The molecule has 0 rings (SSSR count). The van der Waals surface area contributed by atoms with Gasteiger partial charge in [0, 0.05) is 25.9 Å². The van der Waals surface area contributed by atoms with Gasteiger partial charge in [0.05, 0.1) is 0 Å². The van der Waals surface area contributed by atoms with Crippen LogP contribution in [-0.4, -0.2) is 24.9 Å². The molecule has 2 amide bonds. The largest absolute Gasteiger partial charge is 0.354 e. The number of nitrogens with one attached hydrogen (secondary N) is 2. The smallest absolute Gasteiger partial charge is 0.220 e. The highest BCUT2D eigenvalue weighted by Crippen LogP contribution is 2.11. The first-order chi connectivity index (χ1) is 20.7. The van der Waals surface area contributed by atoms with Gasteiger partial charge in [-0.2, -0.15) is 0 Å². The second-order valence-corrected chi connectivity index (χ2v) is 12.4. The van der Waals surface area contributed by atoms with E-state index in [9.17, 15) is 9.59 Å². The summed E-state index contributed by atoms with van der Waals surface area (Å²) >= 11 is 0. The van der Waals surface area contributed by atoms with Crippen LogP contribution in [-0.2, 0) is 9.59 Å². The van der Waals surface area contributed by atoms with Gasteiger partial charge in [-0.1, -0.05) is 141 Å². The molecule has 0 aromatic rings. The third kappa shape index (κ3) is 34.6. The molecule has 0 atom stereocenters. The highest BCUT2D eigenvalue weighted by atomic mass is 16.2. The van der Waals surface area contributed by atoms with Crippen molar-refractivity contribution < 1.29 is 9.59 Å². The first-order valence-electron chi connectivity index (χ1n) is 18.5. The fourth-order valence-corrected chi connectivity index (χ4v) is 5.29. The molecule has 2 N–H and O–H groups in total. The van der Waals surface area contributed by atoms with Crippen LogP contribution < -0.4 is 10.6 Å². The van der Waals surface area contributed by atoms with Crippen molar-refractivity contribution in [2.45, 2.75) is 194 Å². The maximum Gasteiger partial charge on any atom is 0.220 e. The number of rotatable bonds is 33. The molecule has 0 aromatic heterocycles. The van der Waals surface area contributed by atoms with E-state index >= 15 is 0 Å². The van der Waals surface area contributed by atoms with Crippen LogP contribution in [0.1, 0.15) is 194 Å². The molecular weight excluding hydrogens is 516 g/mol. The summed E-state index contributed by atoms with van der Waals surface area (Å²) in [4.78, 5) is 24.0. The van der Waals surface area contributed by atoms with Crippen LogP contribution in [0.25, 0.3) is 0 Å². The zero-order chi connectivity index (χ0) is 30.6. The molecule has 0 fully saturated rings. The van der Waals surface area contributed by atoms with Crippen molar-refractivity contribution in [3.8, 4) is 0 Å². The Morgan fingerprint density at radius 2 is 0.643 bits per heavy atom. The van der Waals surface area contributed by atoms with Crippen molar-refractivity contribution in [2.75, 3.05) is 13.1 Å². The molecule has 0 saturated carbocycles. The highest BCUT2D eigenvalue weighted by molar-refractivity contribution is 5.77. The van der Waals surface area contributed by atoms with Gasteiger partial charge in [0.15, 0.2) is 0 Å². The Balaban J connectivity index is 3.34. The van der Waals surface area contributed by atoms with Gasteiger partial charge >= 0.3 is 0 Å². The predicted octanol–water partition coefficient (Wildman–Crippen LogP) is 11.3. The van der Waals surface area contributed by atoms with Crippen LogP contribution in [0.4, 0.5) is 0 Å². The van der Waals surface area contributed by atoms with Crippen LogP contribution >= 0.6 is 0 Å². The fraction of sp³-hybridized carbons (Fsp3) is 0.842. The molecule has 42 heavy (non-hydrogen) atoms. The monoisotopic (exact) mass is 589 g/mol. The molecule has 0 aliphatic carbocycles. The Hall–Kier alpha value is -1.58. The van der Waals surface area contributed by atoms with Gasteiger partial charge < -0.3 is 10.6 Å². The van der Waals surface area contributed by atoms with Crippen LogP contribution in [0.5, 0.6) is 0 Å². The minimum Gasteiger partial charge on any atom is -0.354 e. The average Bonchev–Trinajstić information content (AvgIpc) is 2.99. The Bertz CT molecular complexity index is 575. The summed E-state index contributed by atoms with van der Waals surface area (Å²) < 4.78 is 0. The predicted molar refractivity (Wildman–Crippen MR) is 185 cm³/mol. The molecule has 246 valence electrons. The molecule has 0 spiro atoms. The van der Waals surface area contributed by atoms with Gasteiger partial charge in [-0.3, -0.25) is 9.59 Å². The lowest BCUT2D eigenvalue weighted by atomic mass is 10.1. The number of allylic oxidation sites excluding steroid dienone is 4. The normalized spacial score (nSPS) is 11.6.